The highest BCUT2D eigenvalue weighted by Crippen LogP contribution is 2.28. The van der Waals surface area contributed by atoms with Crippen molar-refractivity contribution in [3.63, 3.8) is 0 Å². The van der Waals surface area contributed by atoms with E-state index in [1.54, 1.807) is 0 Å². The van der Waals surface area contributed by atoms with Crippen LogP contribution in [0.4, 0.5) is 0 Å². The second-order valence-corrected chi connectivity index (χ2v) is 5.37. The molecule has 2 nitrogen and oxygen atoms in total. The molecule has 94 valence electrons. The molecule has 0 bridgehead atoms. The van der Waals surface area contributed by atoms with Gasteiger partial charge in [0.2, 0.25) is 0 Å². The second-order valence-electron chi connectivity index (χ2n) is 5.37. The van der Waals surface area contributed by atoms with E-state index in [4.69, 9.17) is 10.5 Å². The summed E-state index contributed by atoms with van der Waals surface area (Å²) in [4.78, 5) is 0. The molecular weight excluding hydrogens is 210 g/mol. The molecule has 1 aliphatic carbocycles. The van der Waals surface area contributed by atoms with Crippen LogP contribution in [0.2, 0.25) is 0 Å². The Morgan fingerprint density at radius 1 is 1.35 bits per heavy atom. The highest BCUT2D eigenvalue weighted by molar-refractivity contribution is 5.30. The van der Waals surface area contributed by atoms with Gasteiger partial charge < -0.3 is 10.5 Å². The molecule has 0 spiro atoms. The molecule has 2 rings (SSSR count). The van der Waals surface area contributed by atoms with Gasteiger partial charge in [0, 0.05) is 6.04 Å². The third-order valence-corrected chi connectivity index (χ3v) is 3.57. The zero-order valence-electron chi connectivity index (χ0n) is 10.9. The lowest BCUT2D eigenvalue weighted by molar-refractivity contribution is 0.129. The molecule has 0 amide bonds. The molecule has 3 unspecified atom stereocenters. The number of hydrogen-bond donors (Lipinski definition) is 1. The average Bonchev–Trinajstić information content (AvgIpc) is 2.29. The van der Waals surface area contributed by atoms with Crippen molar-refractivity contribution in [2.45, 2.75) is 51.7 Å². The molecule has 0 saturated heterocycles. The average molecular weight is 233 g/mol. The van der Waals surface area contributed by atoms with Gasteiger partial charge in [-0.15, -0.1) is 0 Å². The van der Waals surface area contributed by atoms with Gasteiger partial charge in [-0.3, -0.25) is 0 Å². The van der Waals surface area contributed by atoms with Crippen molar-refractivity contribution in [3.05, 3.63) is 29.8 Å². The molecule has 1 aromatic rings. The van der Waals surface area contributed by atoms with E-state index in [-0.39, 0.29) is 6.04 Å². The van der Waals surface area contributed by atoms with Gasteiger partial charge in [-0.25, -0.2) is 0 Å². The smallest absolute Gasteiger partial charge is 0.120 e. The predicted octanol–water partition coefficient (Wildman–Crippen LogP) is 3.66. The van der Waals surface area contributed by atoms with Gasteiger partial charge in [0.1, 0.15) is 5.75 Å². The maximum atomic E-state index is 6.06. The molecule has 1 aromatic carbocycles. The lowest BCUT2D eigenvalue weighted by Gasteiger charge is -2.27. The fourth-order valence-electron chi connectivity index (χ4n) is 2.55. The summed E-state index contributed by atoms with van der Waals surface area (Å²) in [5.74, 6) is 1.77. The largest absolute Gasteiger partial charge is 0.490 e. The van der Waals surface area contributed by atoms with Gasteiger partial charge in [-0.05, 0) is 49.8 Å². The Hall–Kier alpha value is -1.02. The molecule has 0 aliphatic heterocycles. The van der Waals surface area contributed by atoms with Gasteiger partial charge in [-0.2, -0.15) is 0 Å². The van der Waals surface area contributed by atoms with Gasteiger partial charge >= 0.3 is 0 Å². The summed E-state index contributed by atoms with van der Waals surface area (Å²) in [5.41, 5.74) is 7.03. The van der Waals surface area contributed by atoms with E-state index < -0.39 is 0 Å². The first-order valence-corrected chi connectivity index (χ1v) is 6.67. The van der Waals surface area contributed by atoms with Crippen LogP contribution in [0.15, 0.2) is 24.3 Å². The lowest BCUT2D eigenvalue weighted by Crippen LogP contribution is -2.24. The van der Waals surface area contributed by atoms with Gasteiger partial charge in [0.15, 0.2) is 0 Å². The quantitative estimate of drug-likeness (QED) is 0.864. The normalized spacial score (nSPS) is 26.5. The molecule has 0 heterocycles. The van der Waals surface area contributed by atoms with Crippen LogP contribution < -0.4 is 10.5 Å². The van der Waals surface area contributed by atoms with Crippen LogP contribution >= 0.6 is 0 Å². The molecule has 1 fully saturated rings. The summed E-state index contributed by atoms with van der Waals surface area (Å²) in [7, 11) is 0. The summed E-state index contributed by atoms with van der Waals surface area (Å²) in [6, 6.07) is 8.26. The highest BCUT2D eigenvalue weighted by Gasteiger charge is 2.20. The van der Waals surface area contributed by atoms with Crippen LogP contribution in [0.5, 0.6) is 5.75 Å². The molecule has 3 atom stereocenters. The predicted molar refractivity (Wildman–Crippen MR) is 71.1 cm³/mol. The van der Waals surface area contributed by atoms with Crippen molar-refractivity contribution in [1.82, 2.24) is 0 Å². The summed E-state index contributed by atoms with van der Waals surface area (Å²) >= 11 is 0. The van der Waals surface area contributed by atoms with E-state index in [0.29, 0.717) is 6.10 Å². The van der Waals surface area contributed by atoms with Crippen molar-refractivity contribution in [1.29, 1.82) is 0 Å². The van der Waals surface area contributed by atoms with Crippen molar-refractivity contribution in [2.24, 2.45) is 11.7 Å². The van der Waals surface area contributed by atoms with Crippen molar-refractivity contribution < 1.29 is 4.74 Å². The lowest BCUT2D eigenvalue weighted by atomic mass is 9.89. The Labute approximate surface area is 104 Å². The van der Waals surface area contributed by atoms with E-state index in [1.165, 1.54) is 25.7 Å². The van der Waals surface area contributed by atoms with E-state index in [2.05, 4.69) is 19.1 Å². The van der Waals surface area contributed by atoms with Crippen LogP contribution in [-0.2, 0) is 0 Å². The standard InChI is InChI=1S/C15H23NO/c1-11-5-3-7-14(9-11)17-15-8-4-6-13(10-15)12(2)16/h4,6,8,10-12,14H,3,5,7,9,16H2,1-2H3. The minimum Gasteiger partial charge on any atom is -0.490 e. The molecule has 1 saturated carbocycles. The van der Waals surface area contributed by atoms with Crippen LogP contribution in [0.25, 0.3) is 0 Å². The van der Waals surface area contributed by atoms with Crippen molar-refractivity contribution >= 4 is 0 Å². The fraction of sp³-hybridized carbons (Fsp3) is 0.600. The Morgan fingerprint density at radius 3 is 2.88 bits per heavy atom. The molecule has 2 heteroatoms. The monoisotopic (exact) mass is 233 g/mol. The van der Waals surface area contributed by atoms with E-state index >= 15 is 0 Å². The summed E-state index contributed by atoms with van der Waals surface area (Å²) in [6.07, 6.45) is 5.40. The molecular formula is C15H23NO. The minimum atomic E-state index is 0.0730. The maximum Gasteiger partial charge on any atom is 0.120 e. The van der Waals surface area contributed by atoms with E-state index in [9.17, 15) is 0 Å². The van der Waals surface area contributed by atoms with Gasteiger partial charge in [0.05, 0.1) is 6.10 Å². The van der Waals surface area contributed by atoms with Crippen LogP contribution in [0, 0.1) is 5.92 Å². The molecule has 1 aliphatic rings. The fourth-order valence-corrected chi connectivity index (χ4v) is 2.55. The van der Waals surface area contributed by atoms with Crippen LogP contribution in [0.1, 0.15) is 51.1 Å². The molecule has 0 aromatic heterocycles. The number of hydrogen-bond acceptors (Lipinski definition) is 2. The number of benzene rings is 1. The maximum absolute atomic E-state index is 6.06. The summed E-state index contributed by atoms with van der Waals surface area (Å²) in [6.45, 7) is 4.32. The topological polar surface area (TPSA) is 35.2 Å². The summed E-state index contributed by atoms with van der Waals surface area (Å²) in [5, 5.41) is 0. The van der Waals surface area contributed by atoms with Crippen molar-refractivity contribution in [2.75, 3.05) is 0 Å². The number of nitrogens with two attached hydrogens (primary N) is 1. The third-order valence-electron chi connectivity index (χ3n) is 3.57. The van der Waals surface area contributed by atoms with Crippen LogP contribution in [0.3, 0.4) is 0 Å². The Morgan fingerprint density at radius 2 is 2.18 bits per heavy atom. The third kappa shape index (κ3) is 3.47. The van der Waals surface area contributed by atoms with E-state index in [0.717, 1.165) is 17.2 Å². The Bertz CT molecular complexity index is 362. The molecule has 0 radical (unpaired) electrons. The Kier molecular flexibility index (Phi) is 4.06. The van der Waals surface area contributed by atoms with Crippen molar-refractivity contribution in [3.8, 4) is 5.75 Å². The number of ether oxygens (including phenoxy) is 1. The van der Waals surface area contributed by atoms with Gasteiger partial charge in [0.25, 0.3) is 0 Å². The summed E-state index contributed by atoms with van der Waals surface area (Å²) < 4.78 is 6.06. The zero-order valence-corrected chi connectivity index (χ0v) is 10.9. The van der Waals surface area contributed by atoms with Gasteiger partial charge in [-0.1, -0.05) is 25.5 Å². The highest BCUT2D eigenvalue weighted by atomic mass is 16.5. The van der Waals surface area contributed by atoms with Crippen LogP contribution in [-0.4, -0.2) is 6.10 Å². The SMILES string of the molecule is CC1CCCC(Oc2cccc(C(C)N)c2)C1. The molecule has 17 heavy (non-hydrogen) atoms. The molecule has 2 N–H and O–H groups in total. The number of rotatable bonds is 3. The first kappa shape index (κ1) is 12.4. The minimum absolute atomic E-state index is 0.0730. The second kappa shape index (κ2) is 5.54. The zero-order chi connectivity index (χ0) is 12.3. The van der Waals surface area contributed by atoms with E-state index in [1.807, 2.05) is 19.1 Å². The Balaban J connectivity index is 2.00. The first-order valence-electron chi connectivity index (χ1n) is 6.67. The first-order chi connectivity index (χ1) is 8.15.